The molecular formula is C18H26N2O2. The van der Waals surface area contributed by atoms with Crippen molar-refractivity contribution in [3.8, 4) is 5.75 Å². The highest BCUT2D eigenvalue weighted by atomic mass is 16.5. The Hall–Kier alpha value is -1.55. The van der Waals surface area contributed by atoms with Gasteiger partial charge in [0.2, 0.25) is 0 Å². The molecule has 2 fully saturated rings. The Kier molecular flexibility index (Phi) is 5.33. The van der Waals surface area contributed by atoms with Gasteiger partial charge >= 0.3 is 0 Å². The number of ether oxygens (including phenoxy) is 1. The summed E-state index contributed by atoms with van der Waals surface area (Å²) in [6, 6.07) is 7.69. The number of amides is 1. The molecule has 1 atom stereocenters. The molecule has 1 N–H and O–H groups in total. The Morgan fingerprint density at radius 2 is 2.00 bits per heavy atom. The third-order valence-corrected chi connectivity index (χ3v) is 4.63. The molecule has 0 unspecified atom stereocenters. The zero-order valence-corrected chi connectivity index (χ0v) is 13.2. The van der Waals surface area contributed by atoms with Crippen LogP contribution in [-0.4, -0.2) is 43.6 Å². The smallest absolute Gasteiger partial charge is 0.257 e. The van der Waals surface area contributed by atoms with Gasteiger partial charge in [0.1, 0.15) is 5.75 Å². The second-order valence-electron chi connectivity index (χ2n) is 6.37. The first-order chi connectivity index (χ1) is 10.8. The molecule has 0 bridgehead atoms. The maximum Gasteiger partial charge on any atom is 0.257 e. The van der Waals surface area contributed by atoms with Crippen molar-refractivity contribution >= 4 is 5.91 Å². The fraction of sp³-hybridized carbons (Fsp3) is 0.611. The number of nitrogens with one attached hydrogen (secondary N) is 1. The Morgan fingerprint density at radius 3 is 2.77 bits per heavy atom. The van der Waals surface area contributed by atoms with Gasteiger partial charge in [0, 0.05) is 25.6 Å². The van der Waals surface area contributed by atoms with Crippen molar-refractivity contribution in [2.45, 2.75) is 32.1 Å². The van der Waals surface area contributed by atoms with Crippen LogP contribution in [0, 0.1) is 5.92 Å². The first-order valence-electron chi connectivity index (χ1n) is 8.56. The van der Waals surface area contributed by atoms with Gasteiger partial charge in [0.25, 0.3) is 5.91 Å². The fourth-order valence-corrected chi connectivity index (χ4v) is 3.31. The van der Waals surface area contributed by atoms with E-state index in [1.54, 1.807) is 0 Å². The van der Waals surface area contributed by atoms with E-state index in [0.29, 0.717) is 18.1 Å². The van der Waals surface area contributed by atoms with Crippen LogP contribution in [-0.2, 0) is 0 Å². The highest BCUT2D eigenvalue weighted by molar-refractivity contribution is 5.97. The van der Waals surface area contributed by atoms with Gasteiger partial charge < -0.3 is 15.0 Å². The lowest BCUT2D eigenvalue weighted by atomic mass is 10.0. The topological polar surface area (TPSA) is 41.6 Å². The van der Waals surface area contributed by atoms with E-state index in [2.05, 4.69) is 5.32 Å². The predicted molar refractivity (Wildman–Crippen MR) is 87.3 cm³/mol. The van der Waals surface area contributed by atoms with E-state index < -0.39 is 0 Å². The van der Waals surface area contributed by atoms with E-state index in [9.17, 15) is 4.79 Å². The van der Waals surface area contributed by atoms with Crippen LogP contribution in [0.2, 0.25) is 0 Å². The van der Waals surface area contributed by atoms with E-state index in [1.807, 2.05) is 29.2 Å². The minimum Gasteiger partial charge on any atom is -0.492 e. The van der Waals surface area contributed by atoms with E-state index in [-0.39, 0.29) is 5.91 Å². The maximum absolute atomic E-state index is 12.7. The van der Waals surface area contributed by atoms with E-state index in [0.717, 1.165) is 44.8 Å². The van der Waals surface area contributed by atoms with Gasteiger partial charge in [-0.15, -0.1) is 0 Å². The zero-order valence-electron chi connectivity index (χ0n) is 13.2. The number of hydrogen-bond donors (Lipinski definition) is 1. The molecule has 2 aliphatic heterocycles. The van der Waals surface area contributed by atoms with Crippen LogP contribution in [0.4, 0.5) is 0 Å². The molecule has 1 amide bonds. The van der Waals surface area contributed by atoms with Crippen molar-refractivity contribution in [1.29, 1.82) is 0 Å². The lowest BCUT2D eigenvalue weighted by Crippen LogP contribution is -2.36. The quantitative estimate of drug-likeness (QED) is 0.930. The van der Waals surface area contributed by atoms with Crippen molar-refractivity contribution in [3.05, 3.63) is 29.8 Å². The van der Waals surface area contributed by atoms with Gasteiger partial charge in [-0.1, -0.05) is 12.1 Å². The lowest BCUT2D eigenvalue weighted by Gasteiger charge is -2.28. The van der Waals surface area contributed by atoms with Crippen molar-refractivity contribution in [2.75, 3.05) is 32.8 Å². The summed E-state index contributed by atoms with van der Waals surface area (Å²) in [6.07, 6.45) is 5.87. The zero-order chi connectivity index (χ0) is 15.2. The first kappa shape index (κ1) is 15.3. The Bertz CT molecular complexity index is 492. The molecule has 0 spiro atoms. The molecule has 2 heterocycles. The molecule has 2 saturated heterocycles. The van der Waals surface area contributed by atoms with Crippen LogP contribution in [0.1, 0.15) is 42.5 Å². The van der Waals surface area contributed by atoms with Gasteiger partial charge in [0.15, 0.2) is 0 Å². The highest BCUT2D eigenvalue weighted by Crippen LogP contribution is 2.23. The number of carbonyl (C=O) groups is 1. The third kappa shape index (κ3) is 3.80. The number of piperidine rings is 2. The molecule has 4 heteroatoms. The second kappa shape index (κ2) is 7.63. The first-order valence-corrected chi connectivity index (χ1v) is 8.56. The molecule has 1 aromatic rings. The SMILES string of the molecule is O=C(c1ccccc1OC[C@@H]1CCCNC1)N1CCCCC1. The molecule has 4 nitrogen and oxygen atoms in total. The van der Waals surface area contributed by atoms with Crippen LogP contribution in [0.15, 0.2) is 24.3 Å². The van der Waals surface area contributed by atoms with E-state index >= 15 is 0 Å². The van der Waals surface area contributed by atoms with Gasteiger partial charge in [-0.05, 0) is 50.8 Å². The summed E-state index contributed by atoms with van der Waals surface area (Å²) < 4.78 is 6.00. The van der Waals surface area contributed by atoms with Crippen LogP contribution in [0.25, 0.3) is 0 Å². The number of benzene rings is 1. The molecule has 0 aromatic heterocycles. The molecule has 120 valence electrons. The number of nitrogens with zero attached hydrogens (tertiary/aromatic N) is 1. The van der Waals surface area contributed by atoms with E-state index in [4.69, 9.17) is 4.74 Å². The minimum absolute atomic E-state index is 0.122. The predicted octanol–water partition coefficient (Wildman–Crippen LogP) is 2.69. The lowest BCUT2D eigenvalue weighted by molar-refractivity contribution is 0.0718. The molecule has 0 radical (unpaired) electrons. The molecule has 0 aliphatic carbocycles. The van der Waals surface area contributed by atoms with Crippen LogP contribution in [0.5, 0.6) is 5.75 Å². The molecule has 1 aromatic carbocycles. The summed E-state index contributed by atoms with van der Waals surface area (Å²) in [4.78, 5) is 14.7. The molecule has 3 rings (SSSR count). The van der Waals surface area contributed by atoms with Crippen molar-refractivity contribution in [3.63, 3.8) is 0 Å². The monoisotopic (exact) mass is 302 g/mol. The number of rotatable bonds is 4. The minimum atomic E-state index is 0.122. The molecule has 22 heavy (non-hydrogen) atoms. The molecule has 0 saturated carbocycles. The Balaban J connectivity index is 1.64. The van der Waals surface area contributed by atoms with Gasteiger partial charge in [-0.25, -0.2) is 0 Å². The van der Waals surface area contributed by atoms with Gasteiger partial charge in [-0.2, -0.15) is 0 Å². The van der Waals surface area contributed by atoms with Crippen molar-refractivity contribution < 1.29 is 9.53 Å². The average molecular weight is 302 g/mol. The average Bonchev–Trinajstić information content (AvgIpc) is 2.61. The summed E-state index contributed by atoms with van der Waals surface area (Å²) in [5, 5.41) is 3.41. The third-order valence-electron chi connectivity index (χ3n) is 4.63. The Labute approximate surface area is 132 Å². The largest absolute Gasteiger partial charge is 0.492 e. The van der Waals surface area contributed by atoms with Gasteiger partial charge in [0.05, 0.1) is 12.2 Å². The van der Waals surface area contributed by atoms with Crippen LogP contribution < -0.4 is 10.1 Å². The Morgan fingerprint density at radius 1 is 1.18 bits per heavy atom. The van der Waals surface area contributed by atoms with E-state index in [1.165, 1.54) is 19.3 Å². The molecule has 2 aliphatic rings. The normalized spacial score (nSPS) is 22.4. The molecular weight excluding hydrogens is 276 g/mol. The van der Waals surface area contributed by atoms with Crippen molar-refractivity contribution in [2.24, 2.45) is 5.92 Å². The summed E-state index contributed by atoms with van der Waals surface area (Å²) in [6.45, 7) is 4.57. The summed E-state index contributed by atoms with van der Waals surface area (Å²) in [7, 11) is 0. The van der Waals surface area contributed by atoms with Gasteiger partial charge in [-0.3, -0.25) is 4.79 Å². The summed E-state index contributed by atoms with van der Waals surface area (Å²) >= 11 is 0. The highest BCUT2D eigenvalue weighted by Gasteiger charge is 2.22. The number of likely N-dealkylation sites (tertiary alicyclic amines) is 1. The second-order valence-corrected chi connectivity index (χ2v) is 6.37. The summed E-state index contributed by atoms with van der Waals surface area (Å²) in [5.74, 6) is 1.41. The maximum atomic E-state index is 12.7. The number of para-hydroxylation sites is 1. The van der Waals surface area contributed by atoms with Crippen molar-refractivity contribution in [1.82, 2.24) is 10.2 Å². The standard InChI is InChI=1S/C18H26N2O2/c21-18(20-11-4-1-5-12-20)16-8-2-3-9-17(16)22-14-15-7-6-10-19-13-15/h2-3,8-9,15,19H,1,4-7,10-14H2/t15-/m1/s1. The van der Waals surface area contributed by atoms with Crippen LogP contribution >= 0.6 is 0 Å². The fourth-order valence-electron chi connectivity index (χ4n) is 3.31. The number of hydrogen-bond acceptors (Lipinski definition) is 3. The summed E-state index contributed by atoms with van der Waals surface area (Å²) in [5.41, 5.74) is 0.716. The number of carbonyl (C=O) groups excluding carboxylic acids is 1. The van der Waals surface area contributed by atoms with Crippen LogP contribution in [0.3, 0.4) is 0 Å².